The lowest BCUT2D eigenvalue weighted by molar-refractivity contribution is -0.384. The summed E-state index contributed by atoms with van der Waals surface area (Å²) in [4.78, 5) is 29.2. The van der Waals surface area contributed by atoms with Crippen molar-refractivity contribution in [3.8, 4) is 11.4 Å². The number of rotatable bonds is 6. The molecule has 0 spiro atoms. The lowest BCUT2D eigenvalue weighted by Gasteiger charge is -2.16. The van der Waals surface area contributed by atoms with Crippen molar-refractivity contribution in [2.75, 3.05) is 18.4 Å². The molecule has 1 aromatic heterocycles. The summed E-state index contributed by atoms with van der Waals surface area (Å²) < 4.78 is 5.26. The molecule has 1 saturated heterocycles. The van der Waals surface area contributed by atoms with Crippen molar-refractivity contribution in [2.45, 2.75) is 26.3 Å². The van der Waals surface area contributed by atoms with Crippen LogP contribution in [0.1, 0.15) is 34.7 Å². The minimum atomic E-state index is -0.465. The molecule has 1 fully saturated rings. The SMILES string of the molecule is Cc1cc(C(=O)N2CCCC2)ccc1NCc1nc(-c2cccc([N+](=O)[O-])c2)no1. The summed E-state index contributed by atoms with van der Waals surface area (Å²) in [6.07, 6.45) is 2.12. The van der Waals surface area contributed by atoms with Crippen molar-refractivity contribution in [3.63, 3.8) is 0 Å². The zero-order chi connectivity index (χ0) is 21.1. The highest BCUT2D eigenvalue weighted by molar-refractivity contribution is 5.95. The number of nitrogens with one attached hydrogen (secondary N) is 1. The highest BCUT2D eigenvalue weighted by Crippen LogP contribution is 2.23. The summed E-state index contributed by atoms with van der Waals surface area (Å²) in [5.74, 6) is 0.715. The molecular weight excluding hydrogens is 386 g/mol. The highest BCUT2D eigenvalue weighted by atomic mass is 16.6. The van der Waals surface area contributed by atoms with Crippen LogP contribution in [0, 0.1) is 17.0 Å². The maximum atomic E-state index is 12.5. The first kappa shape index (κ1) is 19.6. The number of nitro benzene ring substituents is 1. The van der Waals surface area contributed by atoms with E-state index in [0.29, 0.717) is 29.4 Å². The lowest BCUT2D eigenvalue weighted by atomic mass is 10.1. The number of aromatic nitrogens is 2. The summed E-state index contributed by atoms with van der Waals surface area (Å²) in [6.45, 7) is 3.87. The molecule has 30 heavy (non-hydrogen) atoms. The third kappa shape index (κ3) is 4.14. The second-order valence-electron chi connectivity index (χ2n) is 7.20. The minimum absolute atomic E-state index is 0.0313. The molecule has 1 amide bonds. The molecule has 0 bridgehead atoms. The molecule has 2 heterocycles. The average molecular weight is 407 g/mol. The summed E-state index contributed by atoms with van der Waals surface area (Å²) >= 11 is 0. The van der Waals surface area contributed by atoms with Gasteiger partial charge in [0.25, 0.3) is 11.6 Å². The van der Waals surface area contributed by atoms with Crippen molar-refractivity contribution in [2.24, 2.45) is 0 Å². The Hall–Kier alpha value is -3.75. The summed E-state index contributed by atoms with van der Waals surface area (Å²) in [7, 11) is 0. The van der Waals surface area contributed by atoms with E-state index >= 15 is 0 Å². The van der Waals surface area contributed by atoms with Gasteiger partial charge >= 0.3 is 0 Å². The Labute approximate surface area is 172 Å². The van der Waals surface area contributed by atoms with Crippen LogP contribution in [-0.4, -0.2) is 39.0 Å². The number of aryl methyl sites for hydroxylation is 1. The van der Waals surface area contributed by atoms with Crippen LogP contribution in [0.3, 0.4) is 0 Å². The van der Waals surface area contributed by atoms with Crippen LogP contribution in [0.25, 0.3) is 11.4 Å². The molecule has 0 atom stereocenters. The molecule has 0 aliphatic carbocycles. The molecule has 0 saturated carbocycles. The van der Waals surface area contributed by atoms with Gasteiger partial charge in [-0.3, -0.25) is 14.9 Å². The van der Waals surface area contributed by atoms with Crippen LogP contribution in [0.5, 0.6) is 0 Å². The largest absolute Gasteiger partial charge is 0.376 e. The molecule has 2 aromatic carbocycles. The normalized spacial score (nSPS) is 13.4. The molecule has 9 heteroatoms. The van der Waals surface area contributed by atoms with Gasteiger partial charge in [-0.15, -0.1) is 0 Å². The van der Waals surface area contributed by atoms with Gasteiger partial charge in [0.1, 0.15) is 0 Å². The summed E-state index contributed by atoms with van der Waals surface area (Å²) in [5.41, 5.74) is 2.98. The molecule has 3 aromatic rings. The number of hydrogen-bond donors (Lipinski definition) is 1. The third-order valence-electron chi connectivity index (χ3n) is 5.08. The smallest absolute Gasteiger partial charge is 0.270 e. The minimum Gasteiger partial charge on any atom is -0.376 e. The quantitative estimate of drug-likeness (QED) is 0.488. The van der Waals surface area contributed by atoms with E-state index in [1.807, 2.05) is 30.0 Å². The third-order valence-corrected chi connectivity index (χ3v) is 5.08. The number of carbonyl (C=O) groups excluding carboxylic acids is 1. The average Bonchev–Trinajstić information content (AvgIpc) is 3.45. The van der Waals surface area contributed by atoms with Gasteiger partial charge in [0.05, 0.1) is 11.5 Å². The van der Waals surface area contributed by atoms with E-state index in [0.717, 1.165) is 37.2 Å². The first-order valence-electron chi connectivity index (χ1n) is 9.72. The van der Waals surface area contributed by atoms with Crippen LogP contribution in [-0.2, 0) is 6.54 Å². The number of nitrogens with zero attached hydrogens (tertiary/aromatic N) is 4. The molecule has 0 radical (unpaired) electrons. The molecule has 1 aliphatic rings. The van der Waals surface area contributed by atoms with Gasteiger partial charge in [0.2, 0.25) is 11.7 Å². The van der Waals surface area contributed by atoms with E-state index in [9.17, 15) is 14.9 Å². The Morgan fingerprint density at radius 1 is 1.23 bits per heavy atom. The van der Waals surface area contributed by atoms with Gasteiger partial charge < -0.3 is 14.7 Å². The Bertz CT molecular complexity index is 1090. The number of nitro groups is 1. The molecule has 4 rings (SSSR count). The summed E-state index contributed by atoms with van der Waals surface area (Å²) in [6, 6.07) is 11.7. The number of carbonyl (C=O) groups is 1. The number of non-ortho nitro benzene ring substituents is 1. The predicted molar refractivity (Wildman–Crippen MR) is 110 cm³/mol. The highest BCUT2D eigenvalue weighted by Gasteiger charge is 2.20. The monoisotopic (exact) mass is 407 g/mol. The van der Waals surface area contributed by atoms with Crippen LogP contribution in [0.15, 0.2) is 47.0 Å². The Morgan fingerprint density at radius 3 is 2.77 bits per heavy atom. The number of hydrogen-bond acceptors (Lipinski definition) is 7. The molecular formula is C21H21N5O4. The van der Waals surface area contributed by atoms with Crippen molar-refractivity contribution in [1.29, 1.82) is 0 Å². The Kier molecular flexibility index (Phi) is 5.42. The standard InChI is InChI=1S/C21H21N5O4/c1-14-11-16(21(27)25-9-2-3-10-25)7-8-18(14)22-13-19-23-20(24-30-19)15-5-4-6-17(12-15)26(28)29/h4-8,11-12,22H,2-3,9-10,13H2,1H3. The van der Waals surface area contributed by atoms with Gasteiger partial charge in [-0.2, -0.15) is 4.98 Å². The molecule has 1 N–H and O–H groups in total. The van der Waals surface area contributed by atoms with E-state index in [4.69, 9.17) is 4.52 Å². The van der Waals surface area contributed by atoms with Gasteiger partial charge in [-0.1, -0.05) is 17.3 Å². The van der Waals surface area contributed by atoms with Gasteiger partial charge in [-0.05, 0) is 43.5 Å². The second kappa shape index (κ2) is 8.32. The van der Waals surface area contributed by atoms with Gasteiger partial charge in [0, 0.05) is 42.0 Å². The van der Waals surface area contributed by atoms with Crippen molar-refractivity contribution in [1.82, 2.24) is 15.0 Å². The molecule has 0 unspecified atom stereocenters. The fourth-order valence-electron chi connectivity index (χ4n) is 3.47. The first-order chi connectivity index (χ1) is 14.5. The van der Waals surface area contributed by atoms with Crippen molar-refractivity contribution in [3.05, 3.63) is 69.6 Å². The van der Waals surface area contributed by atoms with Crippen LogP contribution in [0.2, 0.25) is 0 Å². The Morgan fingerprint density at radius 2 is 2.03 bits per heavy atom. The molecule has 1 aliphatic heterocycles. The zero-order valence-electron chi connectivity index (χ0n) is 16.5. The fourth-order valence-corrected chi connectivity index (χ4v) is 3.47. The molecule has 154 valence electrons. The number of amides is 1. The number of benzene rings is 2. The first-order valence-corrected chi connectivity index (χ1v) is 9.72. The lowest BCUT2D eigenvalue weighted by Crippen LogP contribution is -2.27. The van der Waals surface area contributed by atoms with E-state index in [2.05, 4.69) is 15.5 Å². The zero-order valence-corrected chi connectivity index (χ0v) is 16.5. The number of likely N-dealkylation sites (tertiary alicyclic amines) is 1. The maximum absolute atomic E-state index is 12.5. The van der Waals surface area contributed by atoms with Crippen molar-refractivity contribution < 1.29 is 14.2 Å². The Balaban J connectivity index is 1.42. The van der Waals surface area contributed by atoms with Crippen LogP contribution >= 0.6 is 0 Å². The fraction of sp³-hybridized carbons (Fsp3) is 0.286. The van der Waals surface area contributed by atoms with Gasteiger partial charge in [-0.25, -0.2) is 0 Å². The van der Waals surface area contributed by atoms with E-state index in [1.165, 1.54) is 12.1 Å². The van der Waals surface area contributed by atoms with Crippen molar-refractivity contribution >= 4 is 17.3 Å². The molecule has 9 nitrogen and oxygen atoms in total. The number of anilines is 1. The van der Waals surface area contributed by atoms with Crippen LogP contribution in [0.4, 0.5) is 11.4 Å². The predicted octanol–water partition coefficient (Wildman–Crippen LogP) is 3.80. The van der Waals surface area contributed by atoms with Crippen LogP contribution < -0.4 is 5.32 Å². The van der Waals surface area contributed by atoms with E-state index in [1.54, 1.807) is 12.1 Å². The maximum Gasteiger partial charge on any atom is 0.270 e. The van der Waals surface area contributed by atoms with E-state index < -0.39 is 4.92 Å². The summed E-state index contributed by atoms with van der Waals surface area (Å²) in [5, 5.41) is 18.1. The van der Waals surface area contributed by atoms with E-state index in [-0.39, 0.29) is 11.6 Å². The topological polar surface area (TPSA) is 114 Å². The van der Waals surface area contributed by atoms with Gasteiger partial charge in [0.15, 0.2) is 0 Å². The second-order valence-corrected chi connectivity index (χ2v) is 7.20.